The van der Waals surface area contributed by atoms with E-state index in [-0.39, 0.29) is 36.0 Å². The molecule has 1 fully saturated rings. The predicted octanol–water partition coefficient (Wildman–Crippen LogP) is 5.30. The Hall–Kier alpha value is -4.36. The number of benzene rings is 2. The average molecular weight is 789 g/mol. The van der Waals surface area contributed by atoms with Crippen LogP contribution in [0.2, 0.25) is 5.02 Å². The average Bonchev–Trinajstić information content (AvgIpc) is 3.08. The molecule has 20 heteroatoms. The van der Waals surface area contributed by atoms with E-state index in [4.69, 9.17) is 36.1 Å². The second kappa shape index (κ2) is 21.4. The lowest BCUT2D eigenvalue weighted by Gasteiger charge is -2.34. The Kier molecular flexibility index (Phi) is 18.1. The molecule has 2 amide bonds. The highest BCUT2D eigenvalue weighted by Crippen LogP contribution is 2.39. The Morgan fingerprint density at radius 2 is 1.43 bits per heavy atom. The van der Waals surface area contributed by atoms with Crippen LogP contribution in [0.4, 0.5) is 36.4 Å². The van der Waals surface area contributed by atoms with Crippen LogP contribution in [-0.4, -0.2) is 102 Å². The Balaban J connectivity index is 0.000000587. The summed E-state index contributed by atoms with van der Waals surface area (Å²) in [5.41, 5.74) is 1.80. The van der Waals surface area contributed by atoms with Crippen molar-refractivity contribution in [2.45, 2.75) is 69.8 Å². The van der Waals surface area contributed by atoms with Crippen LogP contribution in [0.3, 0.4) is 0 Å². The number of carbonyl (C=O) groups excluding carboxylic acids is 2. The summed E-state index contributed by atoms with van der Waals surface area (Å²) in [5, 5.41) is 34.2. The summed E-state index contributed by atoms with van der Waals surface area (Å²) in [7, 11) is 0. The summed E-state index contributed by atoms with van der Waals surface area (Å²) < 4.78 is 82.9. The number of carbonyl (C=O) groups is 4. The van der Waals surface area contributed by atoms with E-state index in [0.717, 1.165) is 31.2 Å². The fraction of sp³-hybridized carbons (Fsp3) is 0.515. The van der Waals surface area contributed by atoms with Crippen LogP contribution in [-0.2, 0) is 32.0 Å². The lowest BCUT2D eigenvalue weighted by atomic mass is 9.94. The number of nitrogens with one attached hydrogen (secondary N) is 3. The zero-order chi connectivity index (χ0) is 39.8. The number of rotatable bonds is 13. The summed E-state index contributed by atoms with van der Waals surface area (Å²) >= 11 is 5.97. The predicted molar refractivity (Wildman–Crippen MR) is 177 cm³/mol. The van der Waals surface area contributed by atoms with E-state index in [0.29, 0.717) is 74.0 Å². The number of amides is 2. The fourth-order valence-corrected chi connectivity index (χ4v) is 5.48. The van der Waals surface area contributed by atoms with Gasteiger partial charge in [0, 0.05) is 37.1 Å². The van der Waals surface area contributed by atoms with Gasteiger partial charge in [-0.3, -0.25) is 9.59 Å². The van der Waals surface area contributed by atoms with Crippen molar-refractivity contribution in [2.75, 3.05) is 44.6 Å². The fourth-order valence-electron chi connectivity index (χ4n) is 5.28. The van der Waals surface area contributed by atoms with Gasteiger partial charge in [-0.25, -0.2) is 14.0 Å². The van der Waals surface area contributed by atoms with Crippen molar-refractivity contribution in [3.05, 3.63) is 52.3 Å². The van der Waals surface area contributed by atoms with E-state index in [9.17, 15) is 45.4 Å². The highest BCUT2D eigenvalue weighted by atomic mass is 35.5. The Labute approximate surface area is 304 Å². The number of carboxylic acids is 2. The molecule has 6 N–H and O–H groups in total. The molecule has 2 aromatic carbocycles. The Bertz CT molecular complexity index is 1520. The van der Waals surface area contributed by atoms with Crippen LogP contribution in [0.25, 0.3) is 0 Å². The monoisotopic (exact) mass is 788 g/mol. The van der Waals surface area contributed by atoms with Crippen molar-refractivity contribution in [3.63, 3.8) is 0 Å². The van der Waals surface area contributed by atoms with Crippen LogP contribution < -0.4 is 20.7 Å². The molecule has 1 aliphatic carbocycles. The third kappa shape index (κ3) is 16.0. The van der Waals surface area contributed by atoms with Gasteiger partial charge in [0.05, 0.1) is 0 Å². The molecule has 53 heavy (non-hydrogen) atoms. The first-order valence-electron chi connectivity index (χ1n) is 16.3. The van der Waals surface area contributed by atoms with E-state index in [2.05, 4.69) is 16.0 Å². The maximum absolute atomic E-state index is 13.9. The number of alkyl halides is 6. The number of nitrogens with zero attached hydrogens (tertiary/aromatic N) is 1. The lowest BCUT2D eigenvalue weighted by molar-refractivity contribution is -0.193. The summed E-state index contributed by atoms with van der Waals surface area (Å²) in [5.74, 6) is -5.42. The van der Waals surface area contributed by atoms with Gasteiger partial charge in [0.15, 0.2) is 12.4 Å². The Morgan fingerprint density at radius 1 is 0.868 bits per heavy atom. The molecule has 0 unspecified atom stereocenters. The summed E-state index contributed by atoms with van der Waals surface area (Å²) in [6.07, 6.45) is -3.01. The molecule has 0 radical (unpaired) electrons. The van der Waals surface area contributed by atoms with Crippen molar-refractivity contribution < 1.29 is 70.0 Å². The molecule has 0 spiro atoms. The van der Waals surface area contributed by atoms with Crippen LogP contribution in [0.15, 0.2) is 30.3 Å². The molecule has 0 aromatic heterocycles. The highest BCUT2D eigenvalue weighted by Gasteiger charge is 2.39. The molecule has 0 bridgehead atoms. The molecule has 1 saturated carbocycles. The van der Waals surface area contributed by atoms with Crippen LogP contribution in [0, 0.1) is 5.82 Å². The number of anilines is 1. The van der Waals surface area contributed by atoms with Gasteiger partial charge < -0.3 is 40.9 Å². The number of fused-ring (bicyclic) bond motifs is 1. The molecule has 2 aromatic rings. The minimum atomic E-state index is -5.08. The number of halogens is 8. The molecular weight excluding hydrogens is 749 g/mol. The maximum Gasteiger partial charge on any atom is 0.490 e. The summed E-state index contributed by atoms with van der Waals surface area (Å²) in [6, 6.07) is 8.20. The largest absolute Gasteiger partial charge is 0.506 e. The standard InChI is InChI=1S/C29H38ClFN4O4.2C2HF3O2/c30-22-7-8-24(31)21(18-22)11-14-32-15-12-27(38)35(23-4-2-1-3-5-23)17-16-33-13-10-20-6-9-25(36)28-29(20)39-19-26(37)34-28;2*3-2(4,5)1(6)7/h6-9,18,23,32-33,36H,1-5,10-17,19H2,(H,34,37);2*(H,6,7). The van der Waals surface area contributed by atoms with Crippen molar-refractivity contribution in [1.29, 1.82) is 0 Å². The van der Waals surface area contributed by atoms with Gasteiger partial charge in [-0.1, -0.05) is 36.9 Å². The topological polar surface area (TPSA) is 178 Å². The zero-order valence-electron chi connectivity index (χ0n) is 28.2. The molecule has 4 rings (SSSR count). The summed E-state index contributed by atoms with van der Waals surface area (Å²) in [4.78, 5) is 44.6. The minimum absolute atomic E-state index is 0.0116. The summed E-state index contributed by atoms with van der Waals surface area (Å²) in [6.45, 7) is 3.02. The van der Waals surface area contributed by atoms with E-state index in [1.807, 2.05) is 4.90 Å². The van der Waals surface area contributed by atoms with Gasteiger partial charge in [-0.15, -0.1) is 0 Å². The van der Waals surface area contributed by atoms with Crippen molar-refractivity contribution in [1.82, 2.24) is 15.5 Å². The number of phenols is 1. The van der Waals surface area contributed by atoms with Crippen molar-refractivity contribution in [2.24, 2.45) is 0 Å². The van der Waals surface area contributed by atoms with E-state index < -0.39 is 24.3 Å². The first-order valence-corrected chi connectivity index (χ1v) is 16.7. The SMILES string of the molecule is O=C(O)C(F)(F)F.O=C(O)C(F)(F)F.O=C1COc2c(CCNCCN(C(=O)CCNCCc3cc(Cl)ccc3F)C3CCCCC3)ccc(O)c2N1. The molecule has 296 valence electrons. The normalized spacial score (nSPS) is 14.3. The number of phenolic OH excluding ortho intramolecular Hbond substituents is 1. The number of hydrogen-bond acceptors (Lipinski definition) is 8. The van der Waals surface area contributed by atoms with E-state index in [1.54, 1.807) is 18.2 Å². The second-order valence-corrected chi connectivity index (χ2v) is 12.2. The second-order valence-electron chi connectivity index (χ2n) is 11.8. The highest BCUT2D eigenvalue weighted by molar-refractivity contribution is 6.30. The smallest absolute Gasteiger partial charge is 0.490 e. The third-order valence-corrected chi connectivity index (χ3v) is 8.08. The molecule has 1 heterocycles. The van der Waals surface area contributed by atoms with Gasteiger partial charge in [0.25, 0.3) is 5.91 Å². The van der Waals surface area contributed by atoms with E-state index >= 15 is 0 Å². The number of ether oxygens (including phenoxy) is 1. The minimum Gasteiger partial charge on any atom is -0.506 e. The van der Waals surface area contributed by atoms with Gasteiger partial charge >= 0.3 is 24.3 Å². The first-order chi connectivity index (χ1) is 24.8. The van der Waals surface area contributed by atoms with Crippen molar-refractivity contribution >= 4 is 41.0 Å². The molecule has 0 saturated heterocycles. The van der Waals surface area contributed by atoms with Crippen molar-refractivity contribution in [3.8, 4) is 11.5 Å². The molecular formula is C33H40ClF7N4O8. The third-order valence-electron chi connectivity index (χ3n) is 7.85. The Morgan fingerprint density at radius 3 is 2.02 bits per heavy atom. The molecule has 0 atom stereocenters. The molecule has 2 aliphatic rings. The van der Waals surface area contributed by atoms with Crippen LogP contribution >= 0.6 is 11.6 Å². The van der Waals surface area contributed by atoms with Gasteiger partial charge in [0.2, 0.25) is 5.91 Å². The molecule has 12 nitrogen and oxygen atoms in total. The van der Waals surface area contributed by atoms with Gasteiger partial charge in [-0.05, 0) is 74.2 Å². The quantitative estimate of drug-likeness (QED) is 0.0888. The number of aliphatic carboxylic acids is 2. The lowest BCUT2D eigenvalue weighted by Crippen LogP contribution is -2.45. The number of hydrogen-bond donors (Lipinski definition) is 6. The first kappa shape index (κ1) is 44.8. The number of aromatic hydroxyl groups is 1. The zero-order valence-corrected chi connectivity index (χ0v) is 29.0. The maximum atomic E-state index is 13.9. The molecule has 1 aliphatic heterocycles. The van der Waals surface area contributed by atoms with Gasteiger partial charge in [-0.2, -0.15) is 26.3 Å². The van der Waals surface area contributed by atoms with Crippen LogP contribution in [0.1, 0.15) is 49.7 Å². The van der Waals surface area contributed by atoms with Crippen LogP contribution in [0.5, 0.6) is 11.5 Å². The van der Waals surface area contributed by atoms with Gasteiger partial charge in [0.1, 0.15) is 17.3 Å². The number of carboxylic acid groups (broad SMARTS) is 2. The van der Waals surface area contributed by atoms with E-state index in [1.165, 1.54) is 18.6 Å².